The van der Waals surface area contributed by atoms with Gasteiger partial charge in [-0.25, -0.2) is 0 Å². The topological polar surface area (TPSA) is 88.1 Å². The van der Waals surface area contributed by atoms with Crippen LogP contribution in [0.1, 0.15) is 13.3 Å². The van der Waals surface area contributed by atoms with E-state index in [-0.39, 0.29) is 25.3 Å². The predicted octanol–water partition coefficient (Wildman–Crippen LogP) is 1.77. The Balaban J connectivity index is 2.62. The van der Waals surface area contributed by atoms with Crippen LogP contribution in [0.15, 0.2) is 12.7 Å². The fourth-order valence-electron chi connectivity index (χ4n) is 2.02. The van der Waals surface area contributed by atoms with E-state index in [9.17, 15) is 14.2 Å². The molecule has 0 unspecified atom stereocenters. The Labute approximate surface area is 124 Å². The summed E-state index contributed by atoms with van der Waals surface area (Å²) in [5.74, 6) is -1.59. The molecule has 1 rings (SSSR count). The highest BCUT2D eigenvalue weighted by Crippen LogP contribution is 2.55. The van der Waals surface area contributed by atoms with E-state index >= 15 is 0 Å². The van der Waals surface area contributed by atoms with E-state index < -0.39 is 24.9 Å². The third kappa shape index (κ3) is 3.73. The van der Waals surface area contributed by atoms with Gasteiger partial charge in [0, 0.05) is 20.1 Å². The Kier molecular flexibility index (Phi) is 6.13. The lowest BCUT2D eigenvalue weighted by molar-refractivity contribution is -0.164. The zero-order valence-electron chi connectivity index (χ0n) is 12.5. The zero-order valence-corrected chi connectivity index (χ0v) is 13.4. The van der Waals surface area contributed by atoms with Gasteiger partial charge in [0.05, 0.1) is 12.8 Å². The molecule has 1 aliphatic rings. The van der Waals surface area contributed by atoms with Gasteiger partial charge in [0.2, 0.25) is 0 Å². The molecule has 1 aliphatic carbocycles. The maximum atomic E-state index is 12.1. The van der Waals surface area contributed by atoms with Crippen LogP contribution in [0.2, 0.25) is 0 Å². The molecule has 1 fully saturated rings. The van der Waals surface area contributed by atoms with Gasteiger partial charge in [-0.05, 0) is 13.3 Å². The van der Waals surface area contributed by atoms with E-state index in [0.29, 0.717) is 6.42 Å². The highest BCUT2D eigenvalue weighted by molar-refractivity contribution is 7.53. The molecule has 1 saturated carbocycles. The maximum Gasteiger partial charge on any atom is 0.333 e. The highest BCUT2D eigenvalue weighted by atomic mass is 31.2. The molecular weight excluding hydrogens is 299 g/mol. The van der Waals surface area contributed by atoms with E-state index in [1.807, 2.05) is 0 Å². The number of allylic oxidation sites excluding steroid dienone is 1. The van der Waals surface area contributed by atoms with Gasteiger partial charge >= 0.3 is 19.5 Å². The van der Waals surface area contributed by atoms with Crippen molar-refractivity contribution in [3.05, 3.63) is 12.7 Å². The lowest BCUT2D eigenvalue weighted by Crippen LogP contribution is -2.32. The Bertz CT molecular complexity index is 453. The van der Waals surface area contributed by atoms with Crippen molar-refractivity contribution in [2.24, 2.45) is 11.3 Å². The monoisotopic (exact) mass is 320 g/mol. The number of hydrogen-bond acceptors (Lipinski definition) is 7. The Morgan fingerprint density at radius 2 is 1.86 bits per heavy atom. The molecule has 7 nitrogen and oxygen atoms in total. The fourth-order valence-corrected chi connectivity index (χ4v) is 2.85. The predicted molar refractivity (Wildman–Crippen MR) is 74.8 cm³/mol. The van der Waals surface area contributed by atoms with Gasteiger partial charge in [-0.1, -0.05) is 6.08 Å². The second kappa shape index (κ2) is 7.20. The summed E-state index contributed by atoms with van der Waals surface area (Å²) in [7, 11) is -0.740. The molecule has 8 heteroatoms. The molecule has 0 amide bonds. The van der Waals surface area contributed by atoms with Crippen molar-refractivity contribution in [1.29, 1.82) is 0 Å². The summed E-state index contributed by atoms with van der Waals surface area (Å²) in [6.07, 6.45) is 1.77. The molecule has 0 radical (unpaired) electrons. The van der Waals surface area contributed by atoms with Crippen LogP contribution in [-0.2, 0) is 32.7 Å². The molecule has 120 valence electrons. The highest BCUT2D eigenvalue weighted by Gasteiger charge is 2.67. The minimum atomic E-state index is -3.24. The second-order valence-corrected chi connectivity index (χ2v) is 6.97. The Morgan fingerprint density at radius 3 is 2.29 bits per heavy atom. The van der Waals surface area contributed by atoms with Crippen molar-refractivity contribution in [1.82, 2.24) is 0 Å². The average molecular weight is 320 g/mol. The molecule has 0 saturated heterocycles. The largest absolute Gasteiger partial charge is 0.465 e. The van der Waals surface area contributed by atoms with Crippen LogP contribution in [0.4, 0.5) is 0 Å². The van der Waals surface area contributed by atoms with Crippen molar-refractivity contribution < 1.29 is 32.7 Å². The lowest BCUT2D eigenvalue weighted by atomic mass is 10.0. The van der Waals surface area contributed by atoms with Crippen LogP contribution in [0.5, 0.6) is 0 Å². The van der Waals surface area contributed by atoms with Gasteiger partial charge in [-0.3, -0.25) is 14.2 Å². The third-order valence-electron chi connectivity index (χ3n) is 3.46. The molecule has 0 aromatic heterocycles. The number of carbonyl (C=O) groups excluding carboxylic acids is 2. The van der Waals surface area contributed by atoms with Crippen LogP contribution in [0, 0.1) is 11.3 Å². The smallest absolute Gasteiger partial charge is 0.333 e. The first-order valence-electron chi connectivity index (χ1n) is 6.57. The van der Waals surface area contributed by atoms with Gasteiger partial charge < -0.3 is 18.5 Å². The standard InChI is InChI=1S/C13H21O7P/c1-5-10-9-13(10,11(14)19-6-2)12(15)20-7-8-21(16,17-3)18-4/h5,10H,1,6-9H2,2-4H3/t10-,13-/m1/s1. The van der Waals surface area contributed by atoms with Crippen molar-refractivity contribution in [2.75, 3.05) is 33.6 Å². The second-order valence-electron chi connectivity index (χ2n) is 4.57. The molecule has 0 spiro atoms. The van der Waals surface area contributed by atoms with Crippen LogP contribution in [-0.4, -0.2) is 45.5 Å². The zero-order chi connectivity index (χ0) is 16.1. The van der Waals surface area contributed by atoms with E-state index in [0.717, 1.165) is 0 Å². The van der Waals surface area contributed by atoms with Crippen molar-refractivity contribution in [3.63, 3.8) is 0 Å². The molecule has 0 heterocycles. The quantitative estimate of drug-likeness (QED) is 0.277. The van der Waals surface area contributed by atoms with Crippen LogP contribution in [0.25, 0.3) is 0 Å². The van der Waals surface area contributed by atoms with Gasteiger partial charge in [-0.2, -0.15) is 0 Å². The normalized spacial score (nSPS) is 24.2. The van der Waals surface area contributed by atoms with E-state index in [1.165, 1.54) is 20.3 Å². The Hall–Kier alpha value is -1.17. The van der Waals surface area contributed by atoms with E-state index in [2.05, 4.69) is 6.58 Å². The molecule has 2 atom stereocenters. The molecule has 0 aliphatic heterocycles. The summed E-state index contributed by atoms with van der Waals surface area (Å²) in [6, 6.07) is 0. The SMILES string of the molecule is C=C[C@@H]1C[C@@]1(C(=O)OCC)C(=O)OCCP(=O)(OC)OC. The maximum absolute atomic E-state index is 12.1. The van der Waals surface area contributed by atoms with E-state index in [4.69, 9.17) is 18.5 Å². The minimum Gasteiger partial charge on any atom is -0.465 e. The summed E-state index contributed by atoms with van der Waals surface area (Å²) in [6.45, 7) is 5.27. The molecule has 0 aromatic rings. The van der Waals surface area contributed by atoms with Crippen molar-refractivity contribution in [2.45, 2.75) is 13.3 Å². The number of esters is 2. The first kappa shape index (κ1) is 17.9. The molecule has 0 N–H and O–H groups in total. The minimum absolute atomic E-state index is 0.0800. The summed E-state index contributed by atoms with van der Waals surface area (Å²) in [5, 5.41) is 0. The fraction of sp³-hybridized carbons (Fsp3) is 0.692. The molecule has 0 aromatic carbocycles. The molecule has 0 bridgehead atoms. The number of hydrogen-bond donors (Lipinski definition) is 0. The summed E-state index contributed by atoms with van der Waals surface area (Å²) in [4.78, 5) is 24.1. The van der Waals surface area contributed by atoms with Crippen molar-refractivity contribution >= 4 is 19.5 Å². The number of carbonyl (C=O) groups is 2. The van der Waals surface area contributed by atoms with Gasteiger partial charge in [-0.15, -0.1) is 6.58 Å². The summed E-state index contributed by atoms with van der Waals surface area (Å²) in [5.41, 5.74) is -1.30. The van der Waals surface area contributed by atoms with Crippen LogP contribution in [0.3, 0.4) is 0 Å². The van der Waals surface area contributed by atoms with Crippen molar-refractivity contribution in [3.8, 4) is 0 Å². The molecular formula is C13H21O7P. The third-order valence-corrected chi connectivity index (χ3v) is 5.30. The Morgan fingerprint density at radius 1 is 1.29 bits per heavy atom. The average Bonchev–Trinajstić information content (AvgIpc) is 3.23. The van der Waals surface area contributed by atoms with E-state index in [1.54, 1.807) is 6.92 Å². The summed E-state index contributed by atoms with van der Waals surface area (Å²) < 4.78 is 31.2. The number of rotatable bonds is 9. The molecule has 21 heavy (non-hydrogen) atoms. The first-order chi connectivity index (χ1) is 9.90. The van der Waals surface area contributed by atoms with Gasteiger partial charge in [0.25, 0.3) is 0 Å². The van der Waals surface area contributed by atoms with Gasteiger partial charge in [0.15, 0.2) is 5.41 Å². The number of ether oxygens (including phenoxy) is 2. The lowest BCUT2D eigenvalue weighted by Gasteiger charge is -2.16. The van der Waals surface area contributed by atoms with Crippen LogP contribution >= 0.6 is 7.60 Å². The summed E-state index contributed by atoms with van der Waals surface area (Å²) >= 11 is 0. The van der Waals surface area contributed by atoms with Crippen LogP contribution < -0.4 is 0 Å². The first-order valence-corrected chi connectivity index (χ1v) is 8.30. The van der Waals surface area contributed by atoms with Gasteiger partial charge in [0.1, 0.15) is 6.61 Å².